The van der Waals surface area contributed by atoms with Crippen molar-refractivity contribution < 1.29 is 57.5 Å². The maximum absolute atomic E-state index is 13.8. The van der Waals surface area contributed by atoms with Crippen molar-refractivity contribution in [3.63, 3.8) is 0 Å². The molecule has 2 heterocycles. The van der Waals surface area contributed by atoms with Gasteiger partial charge in [-0.2, -0.15) is 0 Å². The number of ether oxygens (including phenoxy) is 6. The molecule has 3 aliphatic rings. The second kappa shape index (κ2) is 12.3. The summed E-state index contributed by atoms with van der Waals surface area (Å²) in [5.74, 6) is -4.53. The molecule has 1 N–H and O–H groups in total. The number of fused-ring (bicyclic) bond motifs is 1. The van der Waals surface area contributed by atoms with Crippen LogP contribution in [0.15, 0.2) is 54.9 Å². The SMILES string of the molecule is CC(=O)OC[C@@]12[C@H](OC(=O)c3ccccc3)[C@@H](OC(C)=O)C[C@](C)(O)[C@]13OC(C)(C)[C@@H](C[C@H]2OC(=O)c1cccnc1)[C@H]3OC(C)=O. The van der Waals surface area contributed by atoms with Gasteiger partial charge in [-0.3, -0.25) is 19.4 Å². The van der Waals surface area contributed by atoms with E-state index in [1.807, 2.05) is 0 Å². The Hall–Kier alpha value is -4.36. The fraction of sp³-hybridized carbons (Fsp3) is 0.529. The number of hydrogen-bond acceptors (Lipinski definition) is 13. The largest absolute Gasteiger partial charge is 0.465 e. The summed E-state index contributed by atoms with van der Waals surface area (Å²) in [6.07, 6.45) is -3.10. The van der Waals surface area contributed by atoms with Gasteiger partial charge in [-0.15, -0.1) is 0 Å². The lowest BCUT2D eigenvalue weighted by Crippen LogP contribution is -2.83. The van der Waals surface area contributed by atoms with Crippen LogP contribution in [0.25, 0.3) is 0 Å². The van der Waals surface area contributed by atoms with Crippen LogP contribution in [0.5, 0.6) is 0 Å². The van der Waals surface area contributed by atoms with Gasteiger partial charge >= 0.3 is 29.8 Å². The van der Waals surface area contributed by atoms with Crippen molar-refractivity contribution in [3.05, 3.63) is 66.0 Å². The van der Waals surface area contributed by atoms with Crippen LogP contribution < -0.4 is 0 Å². The van der Waals surface area contributed by atoms with Crippen molar-refractivity contribution in [2.24, 2.45) is 11.3 Å². The monoisotopic (exact) mass is 653 g/mol. The summed E-state index contributed by atoms with van der Waals surface area (Å²) in [6, 6.07) is 11.0. The zero-order valence-electron chi connectivity index (χ0n) is 27.1. The van der Waals surface area contributed by atoms with Crippen LogP contribution in [0.4, 0.5) is 0 Å². The lowest BCUT2D eigenvalue weighted by Gasteiger charge is -2.65. The minimum absolute atomic E-state index is 0.0534. The highest BCUT2D eigenvalue weighted by Gasteiger charge is 2.86. The minimum Gasteiger partial charge on any atom is -0.465 e. The Labute approximate surface area is 271 Å². The molecule has 2 bridgehead atoms. The average molecular weight is 654 g/mol. The van der Waals surface area contributed by atoms with E-state index in [4.69, 9.17) is 28.4 Å². The smallest absolute Gasteiger partial charge is 0.340 e. The average Bonchev–Trinajstić information content (AvgIpc) is 3.16. The molecule has 1 spiro atoms. The molecule has 1 aliphatic heterocycles. The van der Waals surface area contributed by atoms with Gasteiger partial charge in [-0.1, -0.05) is 18.2 Å². The van der Waals surface area contributed by atoms with Gasteiger partial charge < -0.3 is 33.5 Å². The van der Waals surface area contributed by atoms with Crippen molar-refractivity contribution in [1.29, 1.82) is 0 Å². The Morgan fingerprint density at radius 3 is 2.06 bits per heavy atom. The standard InChI is InChI=1S/C34H39NO12/c1-19(36)42-18-33-26(45-30(40)23-13-10-14-35-17-23)15-24-27(44-21(3)38)34(33,47-31(24,4)5)32(6,41)16-25(43-20(2)37)28(33)46-29(39)22-11-8-7-9-12-22/h7-14,17,24-28,41H,15-16,18H2,1-6H3/t24-,25-,26+,27+,28+,32-,33+,34-/m0/s1. The molecule has 0 unspecified atom stereocenters. The van der Waals surface area contributed by atoms with Crippen LogP contribution in [0.1, 0.15) is 75.1 Å². The van der Waals surface area contributed by atoms with E-state index in [2.05, 4.69) is 4.98 Å². The molecule has 5 rings (SSSR count). The van der Waals surface area contributed by atoms with Gasteiger partial charge in [0, 0.05) is 45.5 Å². The number of aliphatic hydroxyl groups is 1. The van der Waals surface area contributed by atoms with Gasteiger partial charge in [-0.05, 0) is 51.5 Å². The van der Waals surface area contributed by atoms with E-state index in [0.717, 1.165) is 13.8 Å². The fourth-order valence-corrected chi connectivity index (χ4v) is 7.87. The summed E-state index contributed by atoms with van der Waals surface area (Å²) in [4.78, 5) is 69.4. The Morgan fingerprint density at radius 2 is 1.47 bits per heavy atom. The van der Waals surface area contributed by atoms with E-state index in [1.165, 1.54) is 44.4 Å². The minimum atomic E-state index is -2.05. The van der Waals surface area contributed by atoms with Crippen LogP contribution in [-0.4, -0.2) is 87.8 Å². The molecule has 2 aromatic rings. The number of benzene rings is 1. The Morgan fingerprint density at radius 1 is 0.830 bits per heavy atom. The Bertz CT molecular complexity index is 1540. The Kier molecular flexibility index (Phi) is 8.93. The molecule has 2 saturated carbocycles. The molecule has 0 radical (unpaired) electrons. The first kappa shape index (κ1) is 34.0. The summed E-state index contributed by atoms with van der Waals surface area (Å²) in [7, 11) is 0. The number of rotatable bonds is 8. The van der Waals surface area contributed by atoms with E-state index in [-0.39, 0.29) is 24.0 Å². The highest BCUT2D eigenvalue weighted by atomic mass is 16.6. The third kappa shape index (κ3) is 5.75. The number of pyridine rings is 1. The van der Waals surface area contributed by atoms with Crippen LogP contribution >= 0.6 is 0 Å². The molecule has 1 saturated heterocycles. The molecular weight excluding hydrogens is 614 g/mol. The Balaban J connectivity index is 1.81. The van der Waals surface area contributed by atoms with Gasteiger partial charge in [0.25, 0.3) is 0 Å². The molecule has 3 fully saturated rings. The van der Waals surface area contributed by atoms with E-state index in [0.29, 0.717) is 0 Å². The molecule has 8 atom stereocenters. The maximum Gasteiger partial charge on any atom is 0.340 e. The fourth-order valence-electron chi connectivity index (χ4n) is 7.87. The molecule has 1 aromatic heterocycles. The van der Waals surface area contributed by atoms with E-state index in [1.54, 1.807) is 38.1 Å². The predicted molar refractivity (Wildman–Crippen MR) is 161 cm³/mol. The van der Waals surface area contributed by atoms with Gasteiger partial charge in [0.15, 0.2) is 11.7 Å². The van der Waals surface area contributed by atoms with E-state index < -0.39 is 89.0 Å². The summed E-state index contributed by atoms with van der Waals surface area (Å²) >= 11 is 0. The summed E-state index contributed by atoms with van der Waals surface area (Å²) in [5, 5.41) is 12.6. The second-order valence-corrected chi connectivity index (χ2v) is 13.1. The molecular formula is C34H39NO12. The number of aromatic nitrogens is 1. The van der Waals surface area contributed by atoms with Crippen molar-refractivity contribution >= 4 is 29.8 Å². The topological polar surface area (TPSA) is 174 Å². The highest BCUT2D eigenvalue weighted by molar-refractivity contribution is 5.90. The summed E-state index contributed by atoms with van der Waals surface area (Å²) < 4.78 is 36.7. The molecule has 13 nitrogen and oxygen atoms in total. The van der Waals surface area contributed by atoms with Crippen LogP contribution in [-0.2, 0) is 42.8 Å². The third-order valence-corrected chi connectivity index (χ3v) is 9.58. The number of nitrogens with zero attached hydrogens (tertiary/aromatic N) is 1. The van der Waals surface area contributed by atoms with Crippen LogP contribution in [0, 0.1) is 11.3 Å². The van der Waals surface area contributed by atoms with Gasteiger partial charge in [0.2, 0.25) is 0 Å². The molecule has 252 valence electrons. The van der Waals surface area contributed by atoms with Crippen LogP contribution in [0.2, 0.25) is 0 Å². The van der Waals surface area contributed by atoms with Crippen molar-refractivity contribution in [3.8, 4) is 0 Å². The molecule has 13 heteroatoms. The first-order chi connectivity index (χ1) is 22.1. The van der Waals surface area contributed by atoms with Crippen molar-refractivity contribution in [1.82, 2.24) is 4.98 Å². The number of esters is 5. The normalized spacial score (nSPS) is 33.5. The van der Waals surface area contributed by atoms with E-state index >= 15 is 0 Å². The molecule has 1 aromatic carbocycles. The molecule has 2 aliphatic carbocycles. The number of carbonyl (C=O) groups is 5. The van der Waals surface area contributed by atoms with Gasteiger partial charge in [-0.25, -0.2) is 9.59 Å². The quantitative estimate of drug-likeness (QED) is 0.326. The number of hydrogen-bond donors (Lipinski definition) is 1. The predicted octanol–water partition coefficient (Wildman–Crippen LogP) is 2.97. The zero-order valence-corrected chi connectivity index (χ0v) is 27.1. The lowest BCUT2D eigenvalue weighted by molar-refractivity contribution is -0.354. The van der Waals surface area contributed by atoms with Crippen LogP contribution in [0.3, 0.4) is 0 Å². The van der Waals surface area contributed by atoms with Crippen molar-refractivity contribution in [2.75, 3.05) is 6.61 Å². The van der Waals surface area contributed by atoms with Crippen molar-refractivity contribution in [2.45, 2.75) is 95.6 Å². The second-order valence-electron chi connectivity index (χ2n) is 13.1. The van der Waals surface area contributed by atoms with Gasteiger partial charge in [0.1, 0.15) is 30.3 Å². The number of carbonyl (C=O) groups excluding carboxylic acids is 5. The maximum atomic E-state index is 13.8. The lowest BCUT2D eigenvalue weighted by atomic mass is 9.46. The molecule has 0 amide bonds. The van der Waals surface area contributed by atoms with E-state index in [9.17, 15) is 29.1 Å². The zero-order chi connectivity index (χ0) is 34.4. The first-order valence-corrected chi connectivity index (χ1v) is 15.3. The molecule has 47 heavy (non-hydrogen) atoms. The third-order valence-electron chi connectivity index (χ3n) is 9.58. The van der Waals surface area contributed by atoms with Gasteiger partial charge in [0.05, 0.1) is 22.3 Å². The highest BCUT2D eigenvalue weighted by Crippen LogP contribution is 2.69. The summed E-state index contributed by atoms with van der Waals surface area (Å²) in [5.41, 5.74) is -7.00. The summed E-state index contributed by atoms with van der Waals surface area (Å²) in [6.45, 7) is 7.76. The first-order valence-electron chi connectivity index (χ1n) is 15.3.